The largest absolute Gasteiger partial charge is 0.346 e. The summed E-state index contributed by atoms with van der Waals surface area (Å²) in [4.78, 5) is 85.0. The van der Waals surface area contributed by atoms with Crippen LogP contribution in [0.15, 0.2) is 12.7 Å². The van der Waals surface area contributed by atoms with Crippen molar-refractivity contribution in [3.63, 3.8) is 0 Å². The molecule has 12 heteroatoms. The summed E-state index contributed by atoms with van der Waals surface area (Å²) in [6.07, 6.45) is 9.96. The zero-order chi connectivity index (χ0) is 37.7. The van der Waals surface area contributed by atoms with Crippen LogP contribution < -0.4 is 21.3 Å². The van der Waals surface area contributed by atoms with Gasteiger partial charge in [-0.05, 0) is 60.2 Å². The third kappa shape index (κ3) is 9.33. The van der Waals surface area contributed by atoms with Crippen LogP contribution in [-0.4, -0.2) is 95.6 Å². The van der Waals surface area contributed by atoms with Gasteiger partial charge in [0.1, 0.15) is 12.1 Å². The quantitative estimate of drug-likeness (QED) is 0.148. The van der Waals surface area contributed by atoms with Crippen LogP contribution in [0.25, 0.3) is 0 Å². The molecule has 4 fully saturated rings. The summed E-state index contributed by atoms with van der Waals surface area (Å²) in [5.74, 6) is -2.15. The maximum atomic E-state index is 14.8. The van der Waals surface area contributed by atoms with Crippen molar-refractivity contribution in [1.82, 2.24) is 31.1 Å². The minimum absolute atomic E-state index is 0.0938. The minimum Gasteiger partial charge on any atom is -0.346 e. The Bertz CT molecular complexity index is 1330. The lowest BCUT2D eigenvalue weighted by Crippen LogP contribution is -2.64. The third-order valence-corrected chi connectivity index (χ3v) is 12.3. The topological polar surface area (TPSA) is 157 Å². The molecule has 0 radical (unpaired) electrons. The van der Waals surface area contributed by atoms with Crippen molar-refractivity contribution >= 4 is 35.4 Å². The predicted octanol–water partition coefficient (Wildman–Crippen LogP) is 4.08. The molecule has 2 saturated heterocycles. The van der Waals surface area contributed by atoms with Gasteiger partial charge in [0.25, 0.3) is 5.91 Å². The number of amides is 6. The lowest BCUT2D eigenvalue weighted by Gasteiger charge is -2.44. The Labute approximate surface area is 305 Å². The van der Waals surface area contributed by atoms with Crippen molar-refractivity contribution in [2.45, 2.75) is 143 Å². The van der Waals surface area contributed by atoms with Crippen LogP contribution in [0.5, 0.6) is 0 Å². The van der Waals surface area contributed by atoms with E-state index in [-0.39, 0.29) is 47.1 Å². The van der Waals surface area contributed by atoms with Gasteiger partial charge < -0.3 is 31.1 Å². The average Bonchev–Trinajstić information content (AvgIpc) is 3.38. The molecule has 4 rings (SSSR count). The van der Waals surface area contributed by atoms with E-state index in [1.54, 1.807) is 4.90 Å². The number of unbranched alkanes of at least 4 members (excludes halogenated alkanes) is 1. The normalized spacial score (nSPS) is 25.5. The SMILES string of the molecule is C=CCNC(=O)C(=O)C(CCCC)NC(=O)C1C2C(CN1C(=O)C(NC(=O)N[C@H](CN1CCCCC1=O)C(C)(C)C)C1(C)CCCCC1)C2(C)C. The van der Waals surface area contributed by atoms with E-state index in [2.05, 4.69) is 48.6 Å². The van der Waals surface area contributed by atoms with Crippen LogP contribution in [0.2, 0.25) is 0 Å². The number of rotatable bonds is 15. The zero-order valence-electron chi connectivity index (χ0n) is 32.2. The number of nitrogens with one attached hydrogen (secondary N) is 4. The summed E-state index contributed by atoms with van der Waals surface area (Å²) in [5.41, 5.74) is -1.06. The van der Waals surface area contributed by atoms with Crippen molar-refractivity contribution in [2.75, 3.05) is 26.2 Å². The van der Waals surface area contributed by atoms with E-state index in [1.165, 1.54) is 6.08 Å². The number of hydrogen-bond acceptors (Lipinski definition) is 6. The molecule has 2 saturated carbocycles. The fourth-order valence-electron chi connectivity index (χ4n) is 8.65. The van der Waals surface area contributed by atoms with Gasteiger partial charge in [0.15, 0.2) is 0 Å². The smallest absolute Gasteiger partial charge is 0.315 e. The molecule has 4 aliphatic rings. The summed E-state index contributed by atoms with van der Waals surface area (Å²) < 4.78 is 0. The first kappa shape index (κ1) is 40.3. The minimum atomic E-state index is -1.02. The predicted molar refractivity (Wildman–Crippen MR) is 196 cm³/mol. The van der Waals surface area contributed by atoms with Crippen LogP contribution in [0, 0.1) is 28.1 Å². The van der Waals surface area contributed by atoms with E-state index in [1.807, 2.05) is 32.6 Å². The Balaban J connectivity index is 1.58. The first-order valence-corrected chi connectivity index (χ1v) is 19.3. The molecule has 0 bridgehead atoms. The van der Waals surface area contributed by atoms with Crippen LogP contribution >= 0.6 is 0 Å². The second-order valence-corrected chi connectivity index (χ2v) is 17.4. The highest BCUT2D eigenvalue weighted by Crippen LogP contribution is 2.65. The molecule has 0 spiro atoms. The highest BCUT2D eigenvalue weighted by molar-refractivity contribution is 6.38. The molecule has 2 aliphatic heterocycles. The highest BCUT2D eigenvalue weighted by Gasteiger charge is 2.70. The van der Waals surface area contributed by atoms with Crippen LogP contribution in [0.4, 0.5) is 4.79 Å². The average molecular weight is 713 g/mol. The number of carbonyl (C=O) groups is 6. The first-order valence-electron chi connectivity index (χ1n) is 19.3. The lowest BCUT2D eigenvalue weighted by molar-refractivity contribution is -0.146. The molecule has 286 valence electrons. The van der Waals surface area contributed by atoms with Gasteiger partial charge in [0, 0.05) is 32.6 Å². The molecule has 0 aromatic heterocycles. The van der Waals surface area contributed by atoms with Crippen molar-refractivity contribution in [3.05, 3.63) is 12.7 Å². The number of nitrogens with zero attached hydrogens (tertiary/aromatic N) is 2. The standard InChI is InChI=1S/C39H64N6O6/c1-9-11-17-26(31(47)34(49)40-21-10-2)41-33(48)30-29-25(38(29,6)7)23-45(30)35(50)32(39(8)19-14-12-15-20-39)43-36(51)42-27(37(3,4)5)24-44-22-16-13-18-28(44)46/h10,25-27,29-30,32H,2,9,11-24H2,1,3-8H3,(H,40,49)(H,41,48)(H2,42,43,51)/t25?,26?,27-,29?,30?,32?/m1/s1. The van der Waals surface area contributed by atoms with Gasteiger partial charge in [-0.2, -0.15) is 0 Å². The van der Waals surface area contributed by atoms with Crippen LogP contribution in [-0.2, 0) is 24.0 Å². The van der Waals surface area contributed by atoms with Gasteiger partial charge in [0.2, 0.25) is 23.5 Å². The lowest BCUT2D eigenvalue weighted by atomic mass is 9.70. The van der Waals surface area contributed by atoms with E-state index < -0.39 is 47.2 Å². The van der Waals surface area contributed by atoms with Crippen molar-refractivity contribution in [1.29, 1.82) is 0 Å². The summed E-state index contributed by atoms with van der Waals surface area (Å²) in [5, 5.41) is 11.6. The summed E-state index contributed by atoms with van der Waals surface area (Å²) >= 11 is 0. The number of carbonyl (C=O) groups excluding carboxylic acids is 6. The molecular formula is C39H64N6O6. The molecule has 6 atom stereocenters. The number of Topliss-reactive ketones (excluding diaryl/α,β-unsaturated/α-hetero) is 1. The number of piperidine rings is 2. The van der Waals surface area contributed by atoms with Gasteiger partial charge in [-0.3, -0.25) is 24.0 Å². The van der Waals surface area contributed by atoms with Gasteiger partial charge in [-0.15, -0.1) is 6.58 Å². The van der Waals surface area contributed by atoms with E-state index in [9.17, 15) is 28.8 Å². The van der Waals surface area contributed by atoms with Crippen LogP contribution in [0.1, 0.15) is 119 Å². The van der Waals surface area contributed by atoms with E-state index >= 15 is 0 Å². The molecule has 2 heterocycles. The van der Waals surface area contributed by atoms with Crippen molar-refractivity contribution < 1.29 is 28.8 Å². The third-order valence-electron chi connectivity index (χ3n) is 12.3. The maximum absolute atomic E-state index is 14.8. The van der Waals surface area contributed by atoms with E-state index in [0.717, 1.165) is 51.4 Å². The second-order valence-electron chi connectivity index (χ2n) is 17.4. The Morgan fingerprint density at radius 1 is 0.980 bits per heavy atom. The molecule has 0 aromatic rings. The molecular weight excluding hydrogens is 648 g/mol. The molecule has 12 nitrogen and oxygen atoms in total. The van der Waals surface area contributed by atoms with Gasteiger partial charge in [-0.25, -0.2) is 4.79 Å². The first-order chi connectivity index (χ1) is 24.0. The van der Waals surface area contributed by atoms with Gasteiger partial charge in [0.05, 0.1) is 12.1 Å². The molecule has 6 amide bonds. The number of urea groups is 1. The Hall–Kier alpha value is -3.44. The summed E-state index contributed by atoms with van der Waals surface area (Å²) in [6.45, 7) is 19.4. The summed E-state index contributed by atoms with van der Waals surface area (Å²) in [7, 11) is 0. The van der Waals surface area contributed by atoms with Gasteiger partial charge in [-0.1, -0.05) is 86.6 Å². The molecule has 5 unspecified atom stereocenters. The Kier molecular flexibility index (Phi) is 13.0. The van der Waals surface area contributed by atoms with Crippen molar-refractivity contribution in [2.24, 2.45) is 28.1 Å². The number of likely N-dealkylation sites (tertiary alicyclic amines) is 2. The highest BCUT2D eigenvalue weighted by atomic mass is 16.2. The number of ketones is 1. The van der Waals surface area contributed by atoms with Gasteiger partial charge >= 0.3 is 6.03 Å². The fourth-order valence-corrected chi connectivity index (χ4v) is 8.65. The molecule has 0 aromatic carbocycles. The Morgan fingerprint density at radius 3 is 2.27 bits per heavy atom. The maximum Gasteiger partial charge on any atom is 0.315 e. The van der Waals surface area contributed by atoms with Crippen molar-refractivity contribution in [3.8, 4) is 0 Å². The van der Waals surface area contributed by atoms with Crippen LogP contribution in [0.3, 0.4) is 0 Å². The number of fused-ring (bicyclic) bond motifs is 1. The molecule has 2 aliphatic carbocycles. The zero-order valence-corrected chi connectivity index (χ0v) is 32.2. The number of hydrogen-bond donors (Lipinski definition) is 4. The van der Waals surface area contributed by atoms with E-state index in [0.29, 0.717) is 38.9 Å². The molecule has 4 N–H and O–H groups in total. The second kappa shape index (κ2) is 16.5. The Morgan fingerprint density at radius 2 is 1.67 bits per heavy atom. The summed E-state index contributed by atoms with van der Waals surface area (Å²) in [6, 6.07) is -3.55. The molecule has 51 heavy (non-hydrogen) atoms. The van der Waals surface area contributed by atoms with E-state index in [4.69, 9.17) is 0 Å². The monoisotopic (exact) mass is 712 g/mol. The fraction of sp³-hybridized carbons (Fsp3) is 0.795.